The van der Waals surface area contributed by atoms with Gasteiger partial charge in [-0.2, -0.15) is 4.31 Å². The van der Waals surface area contributed by atoms with Crippen molar-refractivity contribution >= 4 is 15.9 Å². The minimum atomic E-state index is -3.53. The predicted octanol–water partition coefficient (Wildman–Crippen LogP) is 1.79. The molecule has 0 saturated carbocycles. The van der Waals surface area contributed by atoms with E-state index < -0.39 is 10.0 Å². The van der Waals surface area contributed by atoms with Gasteiger partial charge in [-0.15, -0.1) is 0 Å². The summed E-state index contributed by atoms with van der Waals surface area (Å²) in [6, 6.07) is 8.97. The first-order valence-electron chi connectivity index (χ1n) is 8.29. The quantitative estimate of drug-likeness (QED) is 0.837. The summed E-state index contributed by atoms with van der Waals surface area (Å²) in [4.78, 5) is 14.6. The number of aryl methyl sites for hydroxylation is 3. The zero-order chi connectivity index (χ0) is 18.2. The number of benzene rings is 1. The molecule has 25 heavy (non-hydrogen) atoms. The van der Waals surface area contributed by atoms with Crippen molar-refractivity contribution in [3.63, 3.8) is 0 Å². The molecule has 0 radical (unpaired) electrons. The molecule has 2 aromatic rings. The number of sulfonamides is 1. The van der Waals surface area contributed by atoms with Crippen molar-refractivity contribution in [3.8, 4) is 0 Å². The van der Waals surface area contributed by atoms with Crippen molar-refractivity contribution < 1.29 is 13.2 Å². The lowest BCUT2D eigenvalue weighted by Crippen LogP contribution is -2.50. The minimum Gasteiger partial charge on any atom is -0.347 e. The van der Waals surface area contributed by atoms with Gasteiger partial charge in [0.25, 0.3) is 5.91 Å². The number of hydrogen-bond donors (Lipinski definition) is 0. The zero-order valence-electron chi connectivity index (χ0n) is 14.8. The molecule has 0 spiro atoms. The lowest BCUT2D eigenvalue weighted by molar-refractivity contribution is 0.0688. The average molecular weight is 361 g/mol. The molecule has 0 N–H and O–H groups in total. The van der Waals surface area contributed by atoms with Gasteiger partial charge in [-0.05, 0) is 37.6 Å². The number of carbonyl (C=O) groups excluding carboxylic acids is 1. The monoisotopic (exact) mass is 361 g/mol. The summed E-state index contributed by atoms with van der Waals surface area (Å²) in [5, 5.41) is 0. The first-order valence-corrected chi connectivity index (χ1v) is 9.73. The van der Waals surface area contributed by atoms with Crippen LogP contribution in [0.15, 0.2) is 41.4 Å². The van der Waals surface area contributed by atoms with Crippen LogP contribution in [0.1, 0.15) is 21.6 Å². The molecule has 1 saturated heterocycles. The Kier molecular flexibility index (Phi) is 4.71. The van der Waals surface area contributed by atoms with Gasteiger partial charge >= 0.3 is 0 Å². The third-order valence-corrected chi connectivity index (χ3v) is 6.70. The summed E-state index contributed by atoms with van der Waals surface area (Å²) in [5.74, 6) is -0.0592. The Bertz CT molecular complexity index is 894. The molecule has 1 aromatic carbocycles. The molecule has 3 rings (SSSR count). The summed E-state index contributed by atoms with van der Waals surface area (Å²) in [6.45, 7) is 5.17. The van der Waals surface area contributed by atoms with E-state index in [4.69, 9.17) is 0 Å². The number of hydrogen-bond acceptors (Lipinski definition) is 3. The number of amides is 1. The van der Waals surface area contributed by atoms with Crippen molar-refractivity contribution in [2.24, 2.45) is 7.05 Å². The first-order chi connectivity index (χ1) is 11.8. The van der Waals surface area contributed by atoms with E-state index in [0.29, 0.717) is 36.8 Å². The molecule has 0 bridgehead atoms. The molecule has 1 aliphatic heterocycles. The van der Waals surface area contributed by atoms with E-state index in [-0.39, 0.29) is 5.91 Å². The molecule has 1 fully saturated rings. The molecular weight excluding hydrogens is 338 g/mol. The molecule has 7 heteroatoms. The Morgan fingerprint density at radius 2 is 1.72 bits per heavy atom. The molecule has 134 valence electrons. The van der Waals surface area contributed by atoms with Gasteiger partial charge in [-0.1, -0.05) is 17.7 Å². The molecule has 1 aliphatic rings. The highest BCUT2D eigenvalue weighted by molar-refractivity contribution is 7.89. The summed E-state index contributed by atoms with van der Waals surface area (Å²) in [7, 11) is -1.70. The van der Waals surface area contributed by atoms with E-state index in [1.807, 2.05) is 45.3 Å². The predicted molar refractivity (Wildman–Crippen MR) is 96.0 cm³/mol. The van der Waals surface area contributed by atoms with Gasteiger partial charge < -0.3 is 9.47 Å². The van der Waals surface area contributed by atoms with Gasteiger partial charge in [0.15, 0.2) is 0 Å². The van der Waals surface area contributed by atoms with Gasteiger partial charge in [0, 0.05) is 39.4 Å². The van der Waals surface area contributed by atoms with E-state index >= 15 is 0 Å². The number of carbonyl (C=O) groups is 1. The second-order valence-corrected chi connectivity index (χ2v) is 8.38. The lowest BCUT2D eigenvalue weighted by Gasteiger charge is -2.34. The standard InChI is InChI=1S/C18H23N3O3S/c1-14-6-7-17(15(2)13-14)25(23,24)21-11-9-20(10-12-21)18(22)16-5-4-8-19(16)3/h4-8,13H,9-12H2,1-3H3. The van der Waals surface area contributed by atoms with Crippen molar-refractivity contribution in [2.75, 3.05) is 26.2 Å². The van der Waals surface area contributed by atoms with E-state index in [9.17, 15) is 13.2 Å². The maximum absolute atomic E-state index is 12.9. The second kappa shape index (κ2) is 6.65. The summed E-state index contributed by atoms with van der Waals surface area (Å²) < 4.78 is 29.0. The molecule has 0 aliphatic carbocycles. The number of nitrogens with zero attached hydrogens (tertiary/aromatic N) is 3. The minimum absolute atomic E-state index is 0.0592. The maximum atomic E-state index is 12.9. The molecule has 2 heterocycles. The molecule has 0 unspecified atom stereocenters. The zero-order valence-corrected chi connectivity index (χ0v) is 15.6. The number of piperazine rings is 1. The van der Waals surface area contributed by atoms with Crippen LogP contribution in [0.25, 0.3) is 0 Å². The van der Waals surface area contributed by atoms with Crippen LogP contribution in [0, 0.1) is 13.8 Å². The van der Waals surface area contributed by atoms with Crippen molar-refractivity contribution in [1.29, 1.82) is 0 Å². The summed E-state index contributed by atoms with van der Waals surface area (Å²) >= 11 is 0. The molecule has 1 aromatic heterocycles. The number of rotatable bonds is 3. The average Bonchev–Trinajstić information content (AvgIpc) is 3.00. The highest BCUT2D eigenvalue weighted by atomic mass is 32.2. The fraction of sp³-hybridized carbons (Fsp3) is 0.389. The summed E-state index contributed by atoms with van der Waals surface area (Å²) in [6.07, 6.45) is 1.83. The highest BCUT2D eigenvalue weighted by Gasteiger charge is 2.31. The van der Waals surface area contributed by atoms with Gasteiger partial charge in [0.1, 0.15) is 5.69 Å². The Hall–Kier alpha value is -2.12. The van der Waals surface area contributed by atoms with Gasteiger partial charge in [-0.25, -0.2) is 8.42 Å². The van der Waals surface area contributed by atoms with E-state index in [1.165, 1.54) is 4.31 Å². The molecule has 6 nitrogen and oxygen atoms in total. The van der Waals surface area contributed by atoms with Crippen molar-refractivity contribution in [1.82, 2.24) is 13.8 Å². The van der Waals surface area contributed by atoms with E-state index in [0.717, 1.165) is 11.1 Å². The second-order valence-electron chi connectivity index (χ2n) is 6.47. The SMILES string of the molecule is Cc1ccc(S(=O)(=O)N2CCN(C(=O)c3cccn3C)CC2)c(C)c1. The van der Waals surface area contributed by atoms with Crippen LogP contribution in [0.4, 0.5) is 0 Å². The topological polar surface area (TPSA) is 62.6 Å². The lowest BCUT2D eigenvalue weighted by atomic mass is 10.2. The van der Waals surface area contributed by atoms with E-state index in [2.05, 4.69) is 0 Å². The first kappa shape index (κ1) is 17.7. The Balaban J connectivity index is 1.73. The fourth-order valence-corrected chi connectivity index (χ4v) is 4.83. The van der Waals surface area contributed by atoms with Crippen LogP contribution < -0.4 is 0 Å². The van der Waals surface area contributed by atoms with Gasteiger partial charge in [0.05, 0.1) is 4.90 Å². The van der Waals surface area contributed by atoms with Crippen LogP contribution >= 0.6 is 0 Å². The normalized spacial score (nSPS) is 16.2. The summed E-state index contributed by atoms with van der Waals surface area (Å²) in [5.41, 5.74) is 2.41. The van der Waals surface area contributed by atoms with Crippen LogP contribution in [-0.4, -0.2) is 54.3 Å². The van der Waals surface area contributed by atoms with Gasteiger partial charge in [-0.3, -0.25) is 4.79 Å². The van der Waals surface area contributed by atoms with Crippen molar-refractivity contribution in [3.05, 3.63) is 53.3 Å². The molecule has 1 amide bonds. The van der Waals surface area contributed by atoms with E-state index in [1.54, 1.807) is 21.6 Å². The third-order valence-electron chi connectivity index (χ3n) is 4.64. The number of aromatic nitrogens is 1. The van der Waals surface area contributed by atoms with Crippen molar-refractivity contribution in [2.45, 2.75) is 18.7 Å². The molecule has 0 atom stereocenters. The van der Waals surface area contributed by atoms with Crippen LogP contribution in [0.2, 0.25) is 0 Å². The van der Waals surface area contributed by atoms with Crippen LogP contribution in [-0.2, 0) is 17.1 Å². The third kappa shape index (κ3) is 3.34. The fourth-order valence-electron chi connectivity index (χ4n) is 3.20. The Morgan fingerprint density at radius 3 is 2.28 bits per heavy atom. The largest absolute Gasteiger partial charge is 0.347 e. The smallest absolute Gasteiger partial charge is 0.270 e. The molecular formula is C18H23N3O3S. The van der Waals surface area contributed by atoms with Crippen LogP contribution in [0.3, 0.4) is 0 Å². The Morgan fingerprint density at radius 1 is 1.04 bits per heavy atom. The Labute approximate surface area is 148 Å². The highest BCUT2D eigenvalue weighted by Crippen LogP contribution is 2.22. The maximum Gasteiger partial charge on any atom is 0.270 e. The van der Waals surface area contributed by atoms with Crippen LogP contribution in [0.5, 0.6) is 0 Å². The van der Waals surface area contributed by atoms with Gasteiger partial charge in [0.2, 0.25) is 10.0 Å².